The second-order valence-electron chi connectivity index (χ2n) is 5.78. The maximum Gasteiger partial charge on any atom is 0.184 e. The molecule has 1 unspecified atom stereocenters. The summed E-state index contributed by atoms with van der Waals surface area (Å²) in [6, 6.07) is 0. The van der Waals surface area contributed by atoms with Gasteiger partial charge in [0.2, 0.25) is 0 Å². The fraction of sp³-hybridized carbons (Fsp3) is 0.750. The van der Waals surface area contributed by atoms with Crippen LogP contribution in [-0.2, 0) is 9.84 Å². The molecule has 0 saturated carbocycles. The van der Waals surface area contributed by atoms with Gasteiger partial charge in [-0.2, -0.15) is 4.37 Å². The third-order valence-corrected chi connectivity index (χ3v) is 6.16. The van der Waals surface area contributed by atoms with Gasteiger partial charge >= 0.3 is 0 Å². The monoisotopic (exact) mass is 305 g/mol. The van der Waals surface area contributed by atoms with Crippen molar-refractivity contribution in [3.63, 3.8) is 0 Å². The molecule has 0 radical (unpaired) electrons. The standard InChI is InChI=1S/C12H23N3O2S2/c1-6-19(16,17)9-10(13)15-18-11(9)14-7-8(2)12(3,4)5/h8,14H,6-7H2,1-5H3,(H2,13,15). The summed E-state index contributed by atoms with van der Waals surface area (Å²) in [4.78, 5) is 0.154. The largest absolute Gasteiger partial charge is 0.382 e. The van der Waals surface area contributed by atoms with Crippen molar-refractivity contribution in [1.29, 1.82) is 0 Å². The molecule has 0 aromatic carbocycles. The number of hydrogen-bond acceptors (Lipinski definition) is 6. The highest BCUT2D eigenvalue weighted by atomic mass is 32.2. The summed E-state index contributed by atoms with van der Waals surface area (Å²) >= 11 is 1.11. The summed E-state index contributed by atoms with van der Waals surface area (Å²) in [6.07, 6.45) is 0. The number of nitrogens with two attached hydrogens (primary N) is 1. The van der Waals surface area contributed by atoms with Crippen LogP contribution in [0.2, 0.25) is 0 Å². The average Bonchev–Trinajstić information content (AvgIpc) is 2.66. The Labute approximate surface area is 119 Å². The highest BCUT2D eigenvalue weighted by molar-refractivity contribution is 7.91. The topological polar surface area (TPSA) is 85.1 Å². The molecule has 5 nitrogen and oxygen atoms in total. The predicted molar refractivity (Wildman–Crippen MR) is 81.4 cm³/mol. The van der Waals surface area contributed by atoms with Crippen molar-refractivity contribution in [3.05, 3.63) is 0 Å². The van der Waals surface area contributed by atoms with Crippen LogP contribution in [0.3, 0.4) is 0 Å². The van der Waals surface area contributed by atoms with Gasteiger partial charge in [-0.3, -0.25) is 0 Å². The molecule has 1 rings (SSSR count). The molecule has 1 aromatic heterocycles. The highest BCUT2D eigenvalue weighted by Gasteiger charge is 2.25. The Morgan fingerprint density at radius 1 is 1.42 bits per heavy atom. The van der Waals surface area contributed by atoms with Gasteiger partial charge in [0, 0.05) is 6.54 Å². The lowest BCUT2D eigenvalue weighted by molar-refractivity contribution is 0.274. The minimum atomic E-state index is -3.34. The first-order valence-corrected chi connectivity index (χ1v) is 8.74. The number of anilines is 2. The second kappa shape index (κ2) is 5.66. The number of nitrogens with one attached hydrogen (secondary N) is 1. The Balaban J connectivity index is 2.93. The van der Waals surface area contributed by atoms with E-state index in [4.69, 9.17) is 5.73 Å². The van der Waals surface area contributed by atoms with E-state index >= 15 is 0 Å². The van der Waals surface area contributed by atoms with E-state index in [0.717, 1.165) is 11.5 Å². The number of hydrogen-bond donors (Lipinski definition) is 2. The number of nitrogens with zero attached hydrogens (tertiary/aromatic N) is 1. The van der Waals surface area contributed by atoms with Gasteiger partial charge in [0.15, 0.2) is 15.7 Å². The molecule has 3 N–H and O–H groups in total. The molecule has 1 atom stereocenters. The van der Waals surface area contributed by atoms with Gasteiger partial charge in [0.05, 0.1) is 5.75 Å². The molecule has 0 fully saturated rings. The molecule has 7 heteroatoms. The van der Waals surface area contributed by atoms with Crippen LogP contribution < -0.4 is 11.1 Å². The SMILES string of the molecule is CCS(=O)(=O)c1c(N)nsc1NCC(C)C(C)(C)C. The van der Waals surface area contributed by atoms with Gasteiger partial charge in [0.25, 0.3) is 0 Å². The Kier molecular flexibility index (Phi) is 4.84. The molecular formula is C12H23N3O2S2. The van der Waals surface area contributed by atoms with Gasteiger partial charge in [-0.15, -0.1) is 0 Å². The van der Waals surface area contributed by atoms with E-state index < -0.39 is 9.84 Å². The zero-order chi connectivity index (χ0) is 14.8. The summed E-state index contributed by atoms with van der Waals surface area (Å²) in [6.45, 7) is 10.9. The molecule has 1 aromatic rings. The first-order chi connectivity index (χ1) is 8.59. The summed E-state index contributed by atoms with van der Waals surface area (Å²) in [5, 5.41) is 3.73. The molecule has 0 aliphatic carbocycles. The Morgan fingerprint density at radius 3 is 2.47 bits per heavy atom. The van der Waals surface area contributed by atoms with E-state index in [1.807, 2.05) is 0 Å². The molecule has 0 aliphatic heterocycles. The van der Waals surface area contributed by atoms with Gasteiger partial charge in [-0.25, -0.2) is 8.42 Å². The Morgan fingerprint density at radius 2 is 2.00 bits per heavy atom. The van der Waals surface area contributed by atoms with Crippen LogP contribution in [0.5, 0.6) is 0 Å². The van der Waals surface area contributed by atoms with Crippen LogP contribution in [0, 0.1) is 11.3 Å². The first kappa shape index (κ1) is 16.2. The highest BCUT2D eigenvalue weighted by Crippen LogP contribution is 2.33. The summed E-state index contributed by atoms with van der Waals surface area (Å²) in [5.41, 5.74) is 5.84. The maximum atomic E-state index is 12.0. The summed E-state index contributed by atoms with van der Waals surface area (Å²) in [5.74, 6) is 0.518. The number of rotatable bonds is 5. The van der Waals surface area contributed by atoms with Gasteiger partial charge in [-0.05, 0) is 22.9 Å². The van der Waals surface area contributed by atoms with Gasteiger partial charge in [0.1, 0.15) is 9.90 Å². The molecule has 0 bridgehead atoms. The van der Waals surface area contributed by atoms with E-state index in [2.05, 4.69) is 37.4 Å². The second-order valence-corrected chi connectivity index (χ2v) is 8.77. The number of sulfone groups is 1. The quantitative estimate of drug-likeness (QED) is 0.873. The van der Waals surface area contributed by atoms with Crippen LogP contribution in [0.1, 0.15) is 34.6 Å². The fourth-order valence-electron chi connectivity index (χ4n) is 1.40. The van der Waals surface area contributed by atoms with E-state index in [1.54, 1.807) is 6.92 Å². The lowest BCUT2D eigenvalue weighted by Gasteiger charge is -2.27. The molecular weight excluding hydrogens is 282 g/mol. The van der Waals surface area contributed by atoms with Crippen molar-refractivity contribution in [3.8, 4) is 0 Å². The molecule has 110 valence electrons. The molecule has 0 spiro atoms. The van der Waals surface area contributed by atoms with E-state index in [-0.39, 0.29) is 21.9 Å². The Hall–Kier alpha value is -0.820. The maximum absolute atomic E-state index is 12.0. The van der Waals surface area contributed by atoms with Crippen LogP contribution in [0.15, 0.2) is 4.90 Å². The van der Waals surface area contributed by atoms with Gasteiger partial charge < -0.3 is 11.1 Å². The van der Waals surface area contributed by atoms with E-state index in [0.29, 0.717) is 17.5 Å². The number of nitrogen functional groups attached to an aromatic ring is 1. The molecule has 0 aliphatic rings. The third-order valence-electron chi connectivity index (χ3n) is 3.41. The van der Waals surface area contributed by atoms with Crippen LogP contribution in [0.25, 0.3) is 0 Å². The van der Waals surface area contributed by atoms with E-state index in [1.165, 1.54) is 0 Å². The zero-order valence-corrected chi connectivity index (χ0v) is 13.8. The van der Waals surface area contributed by atoms with Crippen molar-refractivity contribution in [2.45, 2.75) is 39.5 Å². The smallest absolute Gasteiger partial charge is 0.184 e. The van der Waals surface area contributed by atoms with Crippen molar-refractivity contribution in [1.82, 2.24) is 4.37 Å². The molecule has 19 heavy (non-hydrogen) atoms. The van der Waals surface area contributed by atoms with Crippen molar-refractivity contribution in [2.24, 2.45) is 11.3 Å². The lowest BCUT2D eigenvalue weighted by Crippen LogP contribution is -2.25. The summed E-state index contributed by atoms with van der Waals surface area (Å²) < 4.78 is 27.9. The average molecular weight is 305 g/mol. The minimum absolute atomic E-state index is 0.0269. The minimum Gasteiger partial charge on any atom is -0.382 e. The lowest BCUT2D eigenvalue weighted by atomic mass is 9.82. The van der Waals surface area contributed by atoms with Crippen molar-refractivity contribution in [2.75, 3.05) is 23.3 Å². The third kappa shape index (κ3) is 3.82. The zero-order valence-electron chi connectivity index (χ0n) is 12.1. The Bertz CT molecular complexity index is 530. The predicted octanol–water partition coefficient (Wildman–Crippen LogP) is 2.61. The van der Waals surface area contributed by atoms with Crippen molar-refractivity contribution < 1.29 is 8.42 Å². The van der Waals surface area contributed by atoms with Crippen LogP contribution >= 0.6 is 11.5 Å². The van der Waals surface area contributed by atoms with Crippen LogP contribution in [-0.4, -0.2) is 25.1 Å². The molecule has 0 amide bonds. The fourth-order valence-corrected chi connectivity index (χ4v) is 3.58. The number of aromatic nitrogens is 1. The van der Waals surface area contributed by atoms with Crippen LogP contribution in [0.4, 0.5) is 10.8 Å². The molecule has 0 saturated heterocycles. The van der Waals surface area contributed by atoms with E-state index in [9.17, 15) is 8.42 Å². The first-order valence-electron chi connectivity index (χ1n) is 6.31. The van der Waals surface area contributed by atoms with Crippen molar-refractivity contribution >= 4 is 32.2 Å². The van der Waals surface area contributed by atoms with Gasteiger partial charge in [-0.1, -0.05) is 34.6 Å². The summed E-state index contributed by atoms with van der Waals surface area (Å²) in [7, 11) is -3.34. The molecule has 1 heterocycles. The normalized spacial score (nSPS) is 14.4.